The summed E-state index contributed by atoms with van der Waals surface area (Å²) in [7, 11) is -3.94. The molecule has 2 aromatic carbocycles. The van der Waals surface area contributed by atoms with Gasteiger partial charge < -0.3 is 11.1 Å². The summed E-state index contributed by atoms with van der Waals surface area (Å²) >= 11 is 0. The smallest absolute Gasteiger partial charge is 0.355 e. The van der Waals surface area contributed by atoms with Crippen molar-refractivity contribution in [3.8, 4) is 0 Å². The minimum Gasteiger partial charge on any atom is -0.355 e. The Kier molecular flexibility index (Phi) is 6.39. The van der Waals surface area contributed by atoms with Gasteiger partial charge in [0, 0.05) is 28.9 Å². The quantitative estimate of drug-likeness (QED) is 0.480. The summed E-state index contributed by atoms with van der Waals surface area (Å²) in [6.07, 6.45) is 8.57. The van der Waals surface area contributed by atoms with Crippen LogP contribution >= 0.6 is 0 Å². The van der Waals surface area contributed by atoms with E-state index in [-0.39, 0.29) is 23.2 Å². The van der Waals surface area contributed by atoms with E-state index in [9.17, 15) is 21.6 Å². The number of halogens is 3. The van der Waals surface area contributed by atoms with E-state index >= 15 is 0 Å². The summed E-state index contributed by atoms with van der Waals surface area (Å²) in [5.41, 5.74) is 8.77. The predicted molar refractivity (Wildman–Crippen MR) is 129 cm³/mol. The Balaban J connectivity index is 1.67. The van der Waals surface area contributed by atoms with E-state index in [4.69, 9.17) is 10.9 Å². The topological polar surface area (TPSA) is 110 Å². The molecule has 178 valence electrons. The van der Waals surface area contributed by atoms with Crippen LogP contribution in [0.5, 0.6) is 0 Å². The van der Waals surface area contributed by atoms with Gasteiger partial charge >= 0.3 is 6.18 Å². The molecule has 3 atom stereocenters. The highest BCUT2D eigenvalue weighted by Gasteiger charge is 2.35. The average Bonchev–Trinajstić information content (AvgIpc) is 2.77. The molecule has 2 aliphatic carbocycles. The molecule has 2 aliphatic rings. The minimum absolute atomic E-state index is 0.175. The van der Waals surface area contributed by atoms with Gasteiger partial charge in [0.05, 0.1) is 0 Å². The zero-order valence-electron chi connectivity index (χ0n) is 17.8. The standard InChI is InChI=1S/C24H23F3N4O2S/c25-24(26,27)23(28)14-22(30-18-8-10-19(11-9-18)31-34(29,32)33)17-7-12-21-16(13-17)6-5-15-3-1-2-4-20(15)21/h1-15,20,23,30-31H,28H2,(H2,29,32,33)/b22-14-. The summed E-state index contributed by atoms with van der Waals surface area (Å²) < 4.78 is 64.2. The van der Waals surface area contributed by atoms with Gasteiger partial charge in [0.25, 0.3) is 10.2 Å². The third-order valence-corrected chi connectivity index (χ3v) is 6.10. The maximum atomic E-state index is 13.2. The highest BCUT2D eigenvalue weighted by atomic mass is 32.2. The summed E-state index contributed by atoms with van der Waals surface area (Å²) in [5.74, 6) is 0.426. The van der Waals surface area contributed by atoms with Crippen LogP contribution in [-0.2, 0) is 10.2 Å². The van der Waals surface area contributed by atoms with Gasteiger partial charge in [0.1, 0.15) is 6.04 Å². The van der Waals surface area contributed by atoms with Gasteiger partial charge in [0.15, 0.2) is 0 Å². The summed E-state index contributed by atoms with van der Waals surface area (Å²) in [4.78, 5) is 0. The fourth-order valence-electron chi connectivity index (χ4n) is 3.95. The number of nitrogens with one attached hydrogen (secondary N) is 2. The molecule has 0 amide bonds. The van der Waals surface area contributed by atoms with E-state index in [0.29, 0.717) is 11.3 Å². The van der Waals surface area contributed by atoms with Crippen molar-refractivity contribution in [1.82, 2.24) is 0 Å². The number of alkyl halides is 3. The molecule has 6 nitrogen and oxygen atoms in total. The maximum Gasteiger partial charge on any atom is 0.407 e. The van der Waals surface area contributed by atoms with Crippen molar-refractivity contribution in [2.75, 3.05) is 10.0 Å². The number of benzene rings is 2. The first kappa shape index (κ1) is 23.8. The molecule has 3 unspecified atom stereocenters. The van der Waals surface area contributed by atoms with Gasteiger partial charge in [-0.05, 0) is 53.1 Å². The molecule has 0 saturated heterocycles. The highest BCUT2D eigenvalue weighted by molar-refractivity contribution is 7.90. The van der Waals surface area contributed by atoms with Crippen LogP contribution in [0.4, 0.5) is 24.5 Å². The Hall–Kier alpha value is -3.34. The summed E-state index contributed by atoms with van der Waals surface area (Å²) in [6.45, 7) is 0. The lowest BCUT2D eigenvalue weighted by Gasteiger charge is -2.28. The zero-order chi connectivity index (χ0) is 24.5. The van der Waals surface area contributed by atoms with Crippen molar-refractivity contribution < 1.29 is 21.6 Å². The van der Waals surface area contributed by atoms with E-state index in [1.807, 2.05) is 30.4 Å². The lowest BCUT2D eigenvalue weighted by molar-refractivity contribution is -0.136. The SMILES string of the molecule is NC(/C=C(\Nc1ccc(NS(N)(=O)=O)cc1)c1ccc2c(c1)C=CC1C=CC=CC21)C(F)(F)F. The number of anilines is 2. The second kappa shape index (κ2) is 9.13. The van der Waals surface area contributed by atoms with Crippen LogP contribution in [0, 0.1) is 5.92 Å². The molecule has 0 fully saturated rings. The molecular weight excluding hydrogens is 465 g/mol. The number of hydrogen-bond acceptors (Lipinski definition) is 4. The monoisotopic (exact) mass is 488 g/mol. The molecule has 0 radical (unpaired) electrons. The van der Waals surface area contributed by atoms with Crippen LogP contribution in [0.1, 0.15) is 22.6 Å². The Labute approximate surface area is 195 Å². The van der Waals surface area contributed by atoms with Gasteiger partial charge in [-0.3, -0.25) is 4.72 Å². The fraction of sp³-hybridized carbons (Fsp3) is 0.167. The average molecular weight is 489 g/mol. The molecule has 0 aliphatic heterocycles. The van der Waals surface area contributed by atoms with Crippen LogP contribution < -0.4 is 20.9 Å². The second-order valence-electron chi connectivity index (χ2n) is 8.07. The zero-order valence-corrected chi connectivity index (χ0v) is 18.6. The number of fused-ring (bicyclic) bond motifs is 3. The first-order valence-corrected chi connectivity index (χ1v) is 11.9. The normalized spacial score (nSPS) is 20.4. The van der Waals surface area contributed by atoms with Crippen molar-refractivity contribution in [2.45, 2.75) is 18.1 Å². The second-order valence-corrected chi connectivity index (χ2v) is 9.37. The molecule has 0 bridgehead atoms. The molecule has 0 spiro atoms. The van der Waals surface area contributed by atoms with Crippen molar-refractivity contribution in [2.24, 2.45) is 16.8 Å². The fourth-order valence-corrected chi connectivity index (χ4v) is 4.41. The van der Waals surface area contributed by atoms with Crippen molar-refractivity contribution in [3.63, 3.8) is 0 Å². The Bertz CT molecular complexity index is 1300. The van der Waals surface area contributed by atoms with Crippen LogP contribution in [-0.4, -0.2) is 20.6 Å². The maximum absolute atomic E-state index is 13.2. The number of hydrogen-bond donors (Lipinski definition) is 4. The van der Waals surface area contributed by atoms with Gasteiger partial charge in [-0.1, -0.05) is 48.6 Å². The molecule has 6 N–H and O–H groups in total. The first-order chi connectivity index (χ1) is 16.0. The molecule has 0 saturated carbocycles. The van der Waals surface area contributed by atoms with Crippen LogP contribution in [0.2, 0.25) is 0 Å². The van der Waals surface area contributed by atoms with Gasteiger partial charge in [-0.2, -0.15) is 21.6 Å². The summed E-state index contributed by atoms with van der Waals surface area (Å²) in [6, 6.07) is 9.24. The van der Waals surface area contributed by atoms with E-state index in [1.54, 1.807) is 6.07 Å². The minimum atomic E-state index is -4.61. The van der Waals surface area contributed by atoms with Crippen molar-refractivity contribution >= 4 is 33.4 Å². The van der Waals surface area contributed by atoms with Crippen LogP contribution in [0.3, 0.4) is 0 Å². The highest BCUT2D eigenvalue weighted by Crippen LogP contribution is 2.39. The molecular formula is C24H23F3N4O2S. The van der Waals surface area contributed by atoms with Gasteiger partial charge in [-0.25, -0.2) is 5.14 Å². The lowest BCUT2D eigenvalue weighted by atomic mass is 9.77. The lowest BCUT2D eigenvalue weighted by Crippen LogP contribution is -2.35. The van der Waals surface area contributed by atoms with E-state index in [1.165, 1.54) is 24.3 Å². The largest absolute Gasteiger partial charge is 0.407 e. The van der Waals surface area contributed by atoms with Crippen molar-refractivity contribution in [1.29, 1.82) is 0 Å². The van der Waals surface area contributed by atoms with Gasteiger partial charge in [-0.15, -0.1) is 0 Å². The van der Waals surface area contributed by atoms with Gasteiger partial charge in [0.2, 0.25) is 0 Å². The number of rotatable bonds is 6. The molecule has 0 aromatic heterocycles. The molecule has 34 heavy (non-hydrogen) atoms. The van der Waals surface area contributed by atoms with E-state index in [0.717, 1.165) is 17.2 Å². The Morgan fingerprint density at radius 3 is 2.35 bits per heavy atom. The molecule has 4 rings (SSSR count). The summed E-state index contributed by atoms with van der Waals surface area (Å²) in [5, 5.41) is 7.93. The predicted octanol–water partition coefficient (Wildman–Crippen LogP) is 4.50. The van der Waals surface area contributed by atoms with E-state index < -0.39 is 22.4 Å². The Morgan fingerprint density at radius 2 is 1.68 bits per heavy atom. The number of allylic oxidation sites excluding steroid dienone is 5. The molecule has 0 heterocycles. The first-order valence-electron chi connectivity index (χ1n) is 10.4. The third kappa shape index (κ3) is 5.58. The van der Waals surface area contributed by atoms with Crippen molar-refractivity contribution in [3.05, 3.63) is 95.6 Å². The third-order valence-electron chi connectivity index (χ3n) is 5.58. The molecule has 10 heteroatoms. The molecule has 2 aromatic rings. The van der Waals surface area contributed by atoms with Crippen LogP contribution in [0.25, 0.3) is 11.8 Å². The van der Waals surface area contributed by atoms with E-state index in [2.05, 4.69) is 28.3 Å². The Morgan fingerprint density at radius 1 is 1.00 bits per heavy atom. The van der Waals surface area contributed by atoms with Crippen LogP contribution in [0.15, 0.2) is 78.9 Å². The number of nitrogens with two attached hydrogens (primary N) is 2.